The summed E-state index contributed by atoms with van der Waals surface area (Å²) in [6.45, 7) is 2.44. The number of ether oxygens (including phenoxy) is 3. The van der Waals surface area contributed by atoms with Crippen LogP contribution in [-0.2, 0) is 22.6 Å². The average molecular weight is 416 g/mol. The zero-order chi connectivity index (χ0) is 21.5. The monoisotopic (exact) mass is 416 g/mol. The molecule has 1 fully saturated rings. The average Bonchev–Trinajstić information content (AvgIpc) is 3.26. The van der Waals surface area contributed by atoms with Crippen molar-refractivity contribution >= 4 is 11.6 Å². The maximum absolute atomic E-state index is 12.7. The molecule has 0 aliphatic carbocycles. The lowest BCUT2D eigenvalue weighted by atomic mass is 10.1. The molecule has 2 aromatic rings. The molecule has 1 aromatic heterocycles. The third-order valence-corrected chi connectivity index (χ3v) is 5.22. The van der Waals surface area contributed by atoms with E-state index in [0.717, 1.165) is 11.3 Å². The van der Waals surface area contributed by atoms with E-state index in [1.54, 1.807) is 33.6 Å². The highest BCUT2D eigenvalue weighted by Gasteiger charge is 2.29. The first-order chi connectivity index (χ1) is 14.6. The van der Waals surface area contributed by atoms with Gasteiger partial charge in [-0.15, -0.1) is 0 Å². The molecule has 1 aromatic carbocycles. The van der Waals surface area contributed by atoms with Crippen LogP contribution in [0.5, 0.6) is 11.5 Å². The molecule has 0 saturated carbocycles. The Morgan fingerprint density at radius 1 is 1.27 bits per heavy atom. The van der Waals surface area contributed by atoms with Crippen molar-refractivity contribution in [2.45, 2.75) is 19.5 Å². The molecule has 0 radical (unpaired) electrons. The van der Waals surface area contributed by atoms with Crippen molar-refractivity contribution in [2.75, 3.05) is 45.9 Å². The smallest absolute Gasteiger partial charge is 0.268 e. The second-order valence-corrected chi connectivity index (χ2v) is 7.07. The van der Waals surface area contributed by atoms with Crippen LogP contribution in [0.15, 0.2) is 35.3 Å². The van der Waals surface area contributed by atoms with E-state index in [0.29, 0.717) is 50.7 Å². The summed E-state index contributed by atoms with van der Waals surface area (Å²) in [5.74, 6) is 1.07. The van der Waals surface area contributed by atoms with Crippen LogP contribution in [-0.4, -0.2) is 56.7 Å². The van der Waals surface area contributed by atoms with Crippen molar-refractivity contribution in [1.29, 1.82) is 0 Å². The second kappa shape index (κ2) is 10.1. The summed E-state index contributed by atoms with van der Waals surface area (Å²) >= 11 is 0. The first-order valence-electron chi connectivity index (χ1n) is 9.86. The topological polar surface area (TPSA) is 94.9 Å². The van der Waals surface area contributed by atoms with Crippen molar-refractivity contribution in [3.63, 3.8) is 0 Å². The predicted molar refractivity (Wildman–Crippen MR) is 112 cm³/mol. The number of para-hydroxylation sites is 1. The lowest BCUT2D eigenvalue weighted by molar-refractivity contribution is -0.124. The Hall–Kier alpha value is -3.07. The molecule has 1 aliphatic rings. The molecule has 162 valence electrons. The van der Waals surface area contributed by atoms with Gasteiger partial charge in [-0.2, -0.15) is 5.10 Å². The lowest BCUT2D eigenvalue weighted by Gasteiger charge is -2.18. The maximum atomic E-state index is 12.7. The van der Waals surface area contributed by atoms with Gasteiger partial charge in [-0.1, -0.05) is 12.1 Å². The van der Waals surface area contributed by atoms with Gasteiger partial charge in [0, 0.05) is 38.4 Å². The highest BCUT2D eigenvalue weighted by Crippen LogP contribution is 2.30. The minimum atomic E-state index is -0.178. The fraction of sp³-hybridized carbons (Fsp3) is 0.476. The Morgan fingerprint density at radius 2 is 2.10 bits per heavy atom. The summed E-state index contributed by atoms with van der Waals surface area (Å²) in [6, 6.07) is 7.13. The van der Waals surface area contributed by atoms with Crippen LogP contribution in [0.25, 0.3) is 0 Å². The summed E-state index contributed by atoms with van der Waals surface area (Å²) in [5.41, 5.74) is 1.41. The third kappa shape index (κ3) is 4.91. The summed E-state index contributed by atoms with van der Waals surface area (Å²) in [6.07, 6.45) is 2.38. The van der Waals surface area contributed by atoms with Crippen molar-refractivity contribution in [3.05, 3.63) is 46.4 Å². The van der Waals surface area contributed by atoms with E-state index in [4.69, 9.17) is 14.2 Å². The van der Waals surface area contributed by atoms with Crippen LogP contribution in [0.2, 0.25) is 0 Å². The largest absolute Gasteiger partial charge is 0.493 e. The Morgan fingerprint density at radius 3 is 2.80 bits per heavy atom. The Balaban J connectivity index is 1.59. The maximum Gasteiger partial charge on any atom is 0.268 e. The predicted octanol–water partition coefficient (Wildman–Crippen LogP) is 1.05. The Kier molecular flexibility index (Phi) is 7.29. The minimum Gasteiger partial charge on any atom is -0.493 e. The van der Waals surface area contributed by atoms with Crippen LogP contribution in [0.4, 0.5) is 5.69 Å². The number of carbonyl (C=O) groups is 1. The lowest BCUT2D eigenvalue weighted by Crippen LogP contribution is -2.33. The number of nitrogens with one attached hydrogen (secondary N) is 1. The van der Waals surface area contributed by atoms with Gasteiger partial charge in [0.05, 0.1) is 45.2 Å². The van der Waals surface area contributed by atoms with Gasteiger partial charge in [0.15, 0.2) is 11.5 Å². The van der Waals surface area contributed by atoms with Gasteiger partial charge in [0.25, 0.3) is 5.56 Å². The van der Waals surface area contributed by atoms with Crippen molar-refractivity contribution in [2.24, 2.45) is 5.92 Å². The number of hydrogen-bond acceptors (Lipinski definition) is 7. The number of anilines is 1. The SMILES string of the molecule is COCCn1ncc(N2CCC(C(=O)NCc3cccc(OC)c3OC)C2)cc1=O. The van der Waals surface area contributed by atoms with Crippen LogP contribution in [0, 0.1) is 5.92 Å². The molecular formula is C21H28N4O5. The zero-order valence-corrected chi connectivity index (χ0v) is 17.6. The number of hydrogen-bond donors (Lipinski definition) is 1. The van der Waals surface area contributed by atoms with Crippen LogP contribution < -0.4 is 25.2 Å². The number of rotatable bonds is 9. The number of carbonyl (C=O) groups excluding carboxylic acids is 1. The molecule has 2 heterocycles. The summed E-state index contributed by atoms with van der Waals surface area (Å²) < 4.78 is 17.1. The molecule has 1 N–H and O–H groups in total. The van der Waals surface area contributed by atoms with E-state index in [-0.39, 0.29) is 17.4 Å². The third-order valence-electron chi connectivity index (χ3n) is 5.22. The van der Waals surface area contributed by atoms with E-state index in [1.807, 2.05) is 23.1 Å². The molecule has 1 atom stereocenters. The summed E-state index contributed by atoms with van der Waals surface area (Å²) in [4.78, 5) is 26.9. The number of amides is 1. The highest BCUT2D eigenvalue weighted by atomic mass is 16.5. The zero-order valence-electron chi connectivity index (χ0n) is 17.6. The van der Waals surface area contributed by atoms with Crippen molar-refractivity contribution < 1.29 is 19.0 Å². The molecule has 9 heteroatoms. The molecule has 1 aliphatic heterocycles. The fourth-order valence-electron chi connectivity index (χ4n) is 3.57. The molecule has 9 nitrogen and oxygen atoms in total. The van der Waals surface area contributed by atoms with Gasteiger partial charge < -0.3 is 24.4 Å². The molecule has 1 unspecified atom stereocenters. The number of aromatic nitrogens is 2. The first kappa shape index (κ1) is 21.6. The molecule has 1 amide bonds. The van der Waals surface area contributed by atoms with Gasteiger partial charge in [0.2, 0.25) is 5.91 Å². The quantitative estimate of drug-likeness (QED) is 0.653. The van der Waals surface area contributed by atoms with Crippen LogP contribution in [0.3, 0.4) is 0 Å². The van der Waals surface area contributed by atoms with E-state index >= 15 is 0 Å². The van der Waals surface area contributed by atoms with Crippen molar-refractivity contribution in [3.8, 4) is 11.5 Å². The molecule has 0 bridgehead atoms. The fourth-order valence-corrected chi connectivity index (χ4v) is 3.57. The standard InChI is InChI=1S/C21H28N4O5/c1-28-10-9-25-19(26)11-17(13-23-25)24-8-7-16(14-24)21(27)22-12-15-5-4-6-18(29-2)20(15)30-3/h4-6,11,13,16H,7-10,12,14H2,1-3H3,(H,22,27). The van der Waals surface area contributed by atoms with Gasteiger partial charge >= 0.3 is 0 Å². The van der Waals surface area contributed by atoms with Crippen LogP contribution in [0.1, 0.15) is 12.0 Å². The van der Waals surface area contributed by atoms with Crippen LogP contribution >= 0.6 is 0 Å². The van der Waals surface area contributed by atoms with Gasteiger partial charge in [-0.05, 0) is 12.5 Å². The summed E-state index contributed by atoms with van der Waals surface area (Å²) in [7, 11) is 4.74. The molecule has 3 rings (SSSR count). The Labute approximate surface area is 175 Å². The number of benzene rings is 1. The minimum absolute atomic E-state index is 0.0243. The molecule has 0 spiro atoms. The van der Waals surface area contributed by atoms with Gasteiger partial charge in [-0.25, -0.2) is 4.68 Å². The molecule has 1 saturated heterocycles. The highest BCUT2D eigenvalue weighted by molar-refractivity contribution is 5.80. The van der Waals surface area contributed by atoms with E-state index in [1.165, 1.54) is 4.68 Å². The normalized spacial score (nSPS) is 15.8. The molecular weight excluding hydrogens is 388 g/mol. The van der Waals surface area contributed by atoms with E-state index < -0.39 is 0 Å². The molecule has 30 heavy (non-hydrogen) atoms. The van der Waals surface area contributed by atoms with E-state index in [2.05, 4.69) is 10.4 Å². The van der Waals surface area contributed by atoms with E-state index in [9.17, 15) is 9.59 Å². The number of methoxy groups -OCH3 is 3. The van der Waals surface area contributed by atoms with Gasteiger partial charge in [-0.3, -0.25) is 9.59 Å². The summed E-state index contributed by atoms with van der Waals surface area (Å²) in [5, 5.41) is 7.18. The van der Waals surface area contributed by atoms with Crippen molar-refractivity contribution in [1.82, 2.24) is 15.1 Å². The number of nitrogens with zero attached hydrogens (tertiary/aromatic N) is 3. The second-order valence-electron chi connectivity index (χ2n) is 7.07. The first-order valence-corrected chi connectivity index (χ1v) is 9.86. The Bertz CT molecular complexity index is 930. The van der Waals surface area contributed by atoms with Gasteiger partial charge in [0.1, 0.15) is 0 Å².